The first-order valence-electron chi connectivity index (χ1n) is 6.14. The molecule has 0 spiro atoms. The van der Waals surface area contributed by atoms with Crippen LogP contribution >= 0.6 is 11.6 Å². The highest BCUT2D eigenvalue weighted by atomic mass is 35.5. The minimum Gasteiger partial charge on any atom is -0.375 e. The topological polar surface area (TPSA) is 9.23 Å². The largest absolute Gasteiger partial charge is 0.375 e. The molecule has 0 N–H and O–H groups in total. The van der Waals surface area contributed by atoms with Gasteiger partial charge in [-0.3, -0.25) is 0 Å². The number of hydrogen-bond acceptors (Lipinski definition) is 1. The maximum absolute atomic E-state index is 6.12. The van der Waals surface area contributed by atoms with Gasteiger partial charge >= 0.3 is 0 Å². The molecule has 14 heavy (non-hydrogen) atoms. The summed E-state index contributed by atoms with van der Waals surface area (Å²) in [5, 5.41) is 0.418. The number of hydrogen-bond donors (Lipinski definition) is 0. The molecule has 0 radical (unpaired) electrons. The van der Waals surface area contributed by atoms with Crippen molar-refractivity contribution in [1.29, 1.82) is 0 Å². The van der Waals surface area contributed by atoms with Crippen LogP contribution in [0.2, 0.25) is 0 Å². The molecule has 0 amide bonds. The first kappa shape index (κ1) is 10.8. The second-order valence-electron chi connectivity index (χ2n) is 4.77. The van der Waals surface area contributed by atoms with E-state index in [4.69, 9.17) is 16.3 Å². The summed E-state index contributed by atoms with van der Waals surface area (Å²) in [5.41, 5.74) is 0. The SMILES string of the molecule is ClC1CCC(OC2CCCCC2)CC1. The van der Waals surface area contributed by atoms with Crippen LogP contribution in [0.4, 0.5) is 0 Å². The molecule has 0 aliphatic heterocycles. The molecule has 0 heterocycles. The van der Waals surface area contributed by atoms with Crippen LogP contribution in [-0.4, -0.2) is 17.6 Å². The Labute approximate surface area is 92.2 Å². The van der Waals surface area contributed by atoms with Gasteiger partial charge in [0, 0.05) is 5.38 Å². The summed E-state index contributed by atoms with van der Waals surface area (Å²) in [6.07, 6.45) is 12.5. The molecule has 1 nitrogen and oxygen atoms in total. The van der Waals surface area contributed by atoms with E-state index in [0.29, 0.717) is 17.6 Å². The first-order valence-corrected chi connectivity index (χ1v) is 6.58. The predicted molar refractivity (Wildman–Crippen MR) is 59.9 cm³/mol. The van der Waals surface area contributed by atoms with Gasteiger partial charge in [0.1, 0.15) is 0 Å². The van der Waals surface area contributed by atoms with E-state index >= 15 is 0 Å². The van der Waals surface area contributed by atoms with Crippen LogP contribution < -0.4 is 0 Å². The maximum Gasteiger partial charge on any atom is 0.0580 e. The number of rotatable bonds is 2. The zero-order valence-corrected chi connectivity index (χ0v) is 9.64. The fourth-order valence-electron chi connectivity index (χ4n) is 2.63. The Hall–Kier alpha value is 0.250. The van der Waals surface area contributed by atoms with Crippen molar-refractivity contribution in [3.63, 3.8) is 0 Å². The molecule has 0 saturated heterocycles. The lowest BCUT2D eigenvalue weighted by Crippen LogP contribution is -2.28. The predicted octanol–water partition coefficient (Wildman–Crippen LogP) is 3.89. The molecule has 0 aromatic rings. The molecular weight excluding hydrogens is 196 g/mol. The summed E-state index contributed by atoms with van der Waals surface area (Å²) in [6, 6.07) is 0. The van der Waals surface area contributed by atoms with Crippen molar-refractivity contribution in [3.8, 4) is 0 Å². The van der Waals surface area contributed by atoms with E-state index in [1.165, 1.54) is 44.9 Å². The van der Waals surface area contributed by atoms with Crippen LogP contribution in [0.5, 0.6) is 0 Å². The first-order chi connectivity index (χ1) is 6.84. The summed E-state index contributed by atoms with van der Waals surface area (Å²) in [4.78, 5) is 0. The molecule has 2 saturated carbocycles. The van der Waals surface area contributed by atoms with Crippen LogP contribution in [0.25, 0.3) is 0 Å². The van der Waals surface area contributed by atoms with Gasteiger partial charge < -0.3 is 4.74 Å². The van der Waals surface area contributed by atoms with Gasteiger partial charge in [0.05, 0.1) is 12.2 Å². The van der Waals surface area contributed by atoms with Gasteiger partial charge in [-0.05, 0) is 38.5 Å². The maximum atomic E-state index is 6.12. The van der Waals surface area contributed by atoms with Gasteiger partial charge in [-0.25, -0.2) is 0 Å². The van der Waals surface area contributed by atoms with E-state index in [2.05, 4.69) is 0 Å². The molecule has 2 rings (SSSR count). The zero-order chi connectivity index (χ0) is 9.80. The highest BCUT2D eigenvalue weighted by Crippen LogP contribution is 2.29. The van der Waals surface area contributed by atoms with Gasteiger partial charge in [0.25, 0.3) is 0 Å². The van der Waals surface area contributed by atoms with Crippen molar-refractivity contribution in [1.82, 2.24) is 0 Å². The van der Waals surface area contributed by atoms with Gasteiger partial charge in [-0.1, -0.05) is 19.3 Å². The Bertz CT molecular complexity index is 158. The molecule has 82 valence electrons. The lowest BCUT2D eigenvalue weighted by molar-refractivity contribution is -0.0446. The molecular formula is C12H21ClO. The van der Waals surface area contributed by atoms with E-state index in [1.54, 1.807) is 0 Å². The Morgan fingerprint density at radius 1 is 0.714 bits per heavy atom. The average Bonchev–Trinajstić information content (AvgIpc) is 2.23. The Morgan fingerprint density at radius 2 is 1.29 bits per heavy atom. The van der Waals surface area contributed by atoms with Crippen LogP contribution in [0, 0.1) is 0 Å². The standard InChI is InChI=1S/C12H21ClO/c13-10-6-8-12(9-7-10)14-11-4-2-1-3-5-11/h10-12H,1-9H2. The van der Waals surface area contributed by atoms with Crippen molar-refractivity contribution in [2.45, 2.75) is 75.4 Å². The third-order valence-electron chi connectivity index (χ3n) is 3.54. The molecule has 0 unspecified atom stereocenters. The summed E-state index contributed by atoms with van der Waals surface area (Å²) < 4.78 is 6.12. The smallest absolute Gasteiger partial charge is 0.0580 e. The van der Waals surface area contributed by atoms with Crippen molar-refractivity contribution in [3.05, 3.63) is 0 Å². The quantitative estimate of drug-likeness (QED) is 0.637. The second kappa shape index (κ2) is 5.37. The van der Waals surface area contributed by atoms with Crippen molar-refractivity contribution >= 4 is 11.6 Å². The van der Waals surface area contributed by atoms with Gasteiger partial charge in [-0.2, -0.15) is 0 Å². The minimum absolute atomic E-state index is 0.418. The lowest BCUT2D eigenvalue weighted by Gasteiger charge is -2.31. The lowest BCUT2D eigenvalue weighted by atomic mass is 9.94. The van der Waals surface area contributed by atoms with Crippen LogP contribution in [0.3, 0.4) is 0 Å². The molecule has 2 aliphatic carbocycles. The molecule has 0 bridgehead atoms. The third-order valence-corrected chi connectivity index (χ3v) is 3.98. The van der Waals surface area contributed by atoms with E-state index in [9.17, 15) is 0 Å². The van der Waals surface area contributed by atoms with Gasteiger partial charge in [0.15, 0.2) is 0 Å². The fourth-order valence-corrected chi connectivity index (χ4v) is 2.88. The van der Waals surface area contributed by atoms with E-state index in [0.717, 1.165) is 12.8 Å². The van der Waals surface area contributed by atoms with E-state index < -0.39 is 0 Å². The normalized spacial score (nSPS) is 35.8. The molecule has 2 heteroatoms. The van der Waals surface area contributed by atoms with E-state index in [-0.39, 0.29) is 0 Å². The second-order valence-corrected chi connectivity index (χ2v) is 5.39. The Morgan fingerprint density at radius 3 is 1.93 bits per heavy atom. The van der Waals surface area contributed by atoms with Gasteiger partial charge in [-0.15, -0.1) is 11.6 Å². The van der Waals surface area contributed by atoms with Crippen molar-refractivity contribution in [2.75, 3.05) is 0 Å². The number of alkyl halides is 1. The Kier molecular flexibility index (Phi) is 4.12. The summed E-state index contributed by atoms with van der Waals surface area (Å²) in [7, 11) is 0. The molecule has 0 aromatic heterocycles. The highest BCUT2D eigenvalue weighted by molar-refractivity contribution is 6.20. The van der Waals surface area contributed by atoms with Gasteiger partial charge in [0.2, 0.25) is 0 Å². The third kappa shape index (κ3) is 3.13. The zero-order valence-electron chi connectivity index (χ0n) is 8.88. The van der Waals surface area contributed by atoms with Crippen LogP contribution in [-0.2, 0) is 4.74 Å². The molecule has 2 fully saturated rings. The molecule has 0 aromatic carbocycles. The fraction of sp³-hybridized carbons (Fsp3) is 1.00. The summed E-state index contributed by atoms with van der Waals surface area (Å²) >= 11 is 6.07. The number of halogens is 1. The van der Waals surface area contributed by atoms with E-state index in [1.807, 2.05) is 0 Å². The van der Waals surface area contributed by atoms with Crippen molar-refractivity contribution in [2.24, 2.45) is 0 Å². The monoisotopic (exact) mass is 216 g/mol. The molecule has 2 aliphatic rings. The number of ether oxygens (including phenoxy) is 1. The molecule has 0 atom stereocenters. The average molecular weight is 217 g/mol. The summed E-state index contributed by atoms with van der Waals surface area (Å²) in [5.74, 6) is 0. The summed E-state index contributed by atoms with van der Waals surface area (Å²) in [6.45, 7) is 0. The highest BCUT2D eigenvalue weighted by Gasteiger charge is 2.23. The van der Waals surface area contributed by atoms with Crippen molar-refractivity contribution < 1.29 is 4.74 Å². The van der Waals surface area contributed by atoms with Crippen LogP contribution in [0.1, 0.15) is 57.8 Å². The minimum atomic E-state index is 0.418. The Balaban J connectivity index is 1.68. The van der Waals surface area contributed by atoms with Crippen LogP contribution in [0.15, 0.2) is 0 Å².